The van der Waals surface area contributed by atoms with Gasteiger partial charge in [-0.15, -0.1) is 0 Å². The van der Waals surface area contributed by atoms with E-state index in [0.29, 0.717) is 30.3 Å². The summed E-state index contributed by atoms with van der Waals surface area (Å²) in [5.41, 5.74) is 0.313. The second kappa shape index (κ2) is 7.15. The lowest BCUT2D eigenvalue weighted by atomic mass is 10.2. The fourth-order valence-corrected chi connectivity index (χ4v) is 1.73. The standard InChI is InChI=1S/C11H16ClN3O3/c1-8(16)7-13-5-6-14-11-9(12)3-2-4-10(11)15(17)18/h2-4,8,13-14,16H,5-7H2,1H3/p+1/t8-/m1/s1. The molecule has 1 aromatic carbocycles. The lowest BCUT2D eigenvalue weighted by molar-refractivity contribution is -0.657. The van der Waals surface area contributed by atoms with Crippen molar-refractivity contribution in [3.05, 3.63) is 33.3 Å². The number of halogens is 1. The van der Waals surface area contributed by atoms with Crippen molar-refractivity contribution in [3.63, 3.8) is 0 Å². The molecule has 1 atom stereocenters. The minimum Gasteiger partial charge on any atom is -0.388 e. The summed E-state index contributed by atoms with van der Waals surface area (Å²) in [5, 5.41) is 25.1. The number of quaternary nitrogens is 1. The van der Waals surface area contributed by atoms with E-state index in [-0.39, 0.29) is 11.8 Å². The Kier molecular flexibility index (Phi) is 5.84. The Morgan fingerprint density at radius 2 is 2.33 bits per heavy atom. The number of hydrogen-bond acceptors (Lipinski definition) is 4. The highest BCUT2D eigenvalue weighted by atomic mass is 35.5. The van der Waals surface area contributed by atoms with E-state index in [2.05, 4.69) is 5.32 Å². The van der Waals surface area contributed by atoms with E-state index in [1.54, 1.807) is 19.1 Å². The highest BCUT2D eigenvalue weighted by Crippen LogP contribution is 2.31. The smallest absolute Gasteiger partial charge is 0.293 e. The van der Waals surface area contributed by atoms with Gasteiger partial charge in [0, 0.05) is 6.07 Å². The number of rotatable bonds is 7. The summed E-state index contributed by atoms with van der Waals surface area (Å²) in [4.78, 5) is 10.4. The first kappa shape index (κ1) is 14.7. The Morgan fingerprint density at radius 3 is 2.94 bits per heavy atom. The Labute approximate surface area is 110 Å². The van der Waals surface area contributed by atoms with Gasteiger partial charge in [0.05, 0.1) is 29.1 Å². The number of nitro benzene ring substituents is 1. The number of aliphatic hydroxyl groups is 1. The molecule has 0 heterocycles. The van der Waals surface area contributed by atoms with Crippen LogP contribution in [0.3, 0.4) is 0 Å². The fourth-order valence-electron chi connectivity index (χ4n) is 1.50. The van der Waals surface area contributed by atoms with Gasteiger partial charge in [0.1, 0.15) is 12.2 Å². The lowest BCUT2D eigenvalue weighted by Gasteiger charge is -2.08. The molecule has 7 heteroatoms. The molecule has 0 aromatic heterocycles. The number of benzene rings is 1. The van der Waals surface area contributed by atoms with Crippen LogP contribution in [0.5, 0.6) is 0 Å². The average Bonchev–Trinajstić information content (AvgIpc) is 2.29. The molecule has 1 rings (SSSR count). The number of nitrogens with two attached hydrogens (primary N) is 1. The quantitative estimate of drug-likeness (QED) is 0.386. The van der Waals surface area contributed by atoms with E-state index in [9.17, 15) is 10.1 Å². The van der Waals surface area contributed by atoms with Crippen LogP contribution in [0.2, 0.25) is 5.02 Å². The van der Waals surface area contributed by atoms with Crippen molar-refractivity contribution < 1.29 is 15.3 Å². The summed E-state index contributed by atoms with van der Waals surface area (Å²) in [6.07, 6.45) is -0.361. The van der Waals surface area contributed by atoms with Gasteiger partial charge in [-0.2, -0.15) is 0 Å². The number of hydrogen-bond donors (Lipinski definition) is 3. The van der Waals surface area contributed by atoms with E-state index in [0.717, 1.165) is 0 Å². The minimum absolute atomic E-state index is 0.0296. The monoisotopic (exact) mass is 274 g/mol. The molecule has 0 fully saturated rings. The van der Waals surface area contributed by atoms with E-state index in [1.165, 1.54) is 6.07 Å². The summed E-state index contributed by atoms with van der Waals surface area (Å²) >= 11 is 5.92. The van der Waals surface area contributed by atoms with Crippen LogP contribution in [0, 0.1) is 10.1 Å². The zero-order valence-electron chi connectivity index (χ0n) is 10.1. The summed E-state index contributed by atoms with van der Waals surface area (Å²) in [6, 6.07) is 4.56. The highest BCUT2D eigenvalue weighted by Gasteiger charge is 2.15. The van der Waals surface area contributed by atoms with Crippen LogP contribution in [-0.4, -0.2) is 35.8 Å². The Morgan fingerprint density at radius 1 is 1.61 bits per heavy atom. The molecular weight excluding hydrogens is 258 g/mol. The molecule has 0 unspecified atom stereocenters. The predicted octanol–water partition coefficient (Wildman–Crippen LogP) is 0.604. The van der Waals surface area contributed by atoms with Gasteiger partial charge in [-0.1, -0.05) is 17.7 Å². The summed E-state index contributed by atoms with van der Waals surface area (Å²) in [6.45, 7) is 3.56. The maximum atomic E-state index is 10.8. The number of nitrogens with zero attached hydrogens (tertiary/aromatic N) is 1. The first-order chi connectivity index (χ1) is 8.52. The van der Waals surface area contributed by atoms with Gasteiger partial charge >= 0.3 is 0 Å². The van der Waals surface area contributed by atoms with Crippen LogP contribution in [0.25, 0.3) is 0 Å². The maximum Gasteiger partial charge on any atom is 0.293 e. The third-order valence-corrected chi connectivity index (χ3v) is 2.66. The number of nitrogens with one attached hydrogen (secondary N) is 1. The number of aliphatic hydroxyl groups excluding tert-OH is 1. The molecule has 0 bridgehead atoms. The van der Waals surface area contributed by atoms with Gasteiger partial charge < -0.3 is 15.7 Å². The average molecular weight is 275 g/mol. The molecule has 0 spiro atoms. The summed E-state index contributed by atoms with van der Waals surface area (Å²) in [5.74, 6) is 0. The molecule has 0 aliphatic heterocycles. The largest absolute Gasteiger partial charge is 0.388 e. The summed E-state index contributed by atoms with van der Waals surface area (Å²) in [7, 11) is 0. The van der Waals surface area contributed by atoms with Crippen LogP contribution in [0.4, 0.5) is 11.4 Å². The molecule has 0 aliphatic carbocycles. The zero-order chi connectivity index (χ0) is 13.5. The number of para-hydroxylation sites is 1. The van der Waals surface area contributed by atoms with E-state index in [4.69, 9.17) is 16.7 Å². The molecule has 0 radical (unpaired) electrons. The van der Waals surface area contributed by atoms with Crippen LogP contribution in [0.15, 0.2) is 18.2 Å². The summed E-state index contributed by atoms with van der Waals surface area (Å²) < 4.78 is 0. The van der Waals surface area contributed by atoms with Gasteiger partial charge in [-0.3, -0.25) is 10.1 Å². The second-order valence-corrected chi connectivity index (χ2v) is 4.39. The second-order valence-electron chi connectivity index (χ2n) is 3.98. The van der Waals surface area contributed by atoms with E-state index < -0.39 is 4.92 Å². The van der Waals surface area contributed by atoms with Gasteiger partial charge in [0.25, 0.3) is 5.69 Å². The molecule has 4 N–H and O–H groups in total. The Balaban J connectivity index is 2.53. The first-order valence-electron chi connectivity index (χ1n) is 5.69. The molecule has 0 saturated heterocycles. The molecular formula is C11H17ClN3O3+. The number of anilines is 1. The van der Waals surface area contributed by atoms with Crippen molar-refractivity contribution in [2.45, 2.75) is 13.0 Å². The third kappa shape index (κ3) is 4.48. The zero-order valence-corrected chi connectivity index (χ0v) is 10.9. The van der Waals surface area contributed by atoms with Crippen LogP contribution in [-0.2, 0) is 0 Å². The maximum absolute atomic E-state index is 10.8. The van der Waals surface area contributed by atoms with Gasteiger partial charge in [-0.05, 0) is 13.0 Å². The van der Waals surface area contributed by atoms with Crippen molar-refractivity contribution in [2.75, 3.05) is 25.0 Å². The highest BCUT2D eigenvalue weighted by molar-refractivity contribution is 6.33. The Hall–Kier alpha value is -1.37. The van der Waals surface area contributed by atoms with E-state index in [1.807, 2.05) is 5.32 Å². The molecule has 0 amide bonds. The normalized spacial score (nSPS) is 12.2. The molecule has 0 saturated carbocycles. The van der Waals surface area contributed by atoms with Crippen LogP contribution >= 0.6 is 11.6 Å². The SMILES string of the molecule is C[C@@H](O)C[NH2+]CCNc1c(Cl)cccc1[N+](=O)[O-]. The van der Waals surface area contributed by atoms with Crippen LogP contribution < -0.4 is 10.6 Å². The lowest BCUT2D eigenvalue weighted by Crippen LogP contribution is -2.87. The molecule has 18 heavy (non-hydrogen) atoms. The van der Waals surface area contributed by atoms with Crippen molar-refractivity contribution in [2.24, 2.45) is 0 Å². The van der Waals surface area contributed by atoms with Gasteiger partial charge in [-0.25, -0.2) is 0 Å². The molecule has 6 nitrogen and oxygen atoms in total. The van der Waals surface area contributed by atoms with Crippen molar-refractivity contribution in [1.82, 2.24) is 0 Å². The third-order valence-electron chi connectivity index (χ3n) is 2.35. The molecule has 0 aliphatic rings. The minimum atomic E-state index is -0.465. The van der Waals surface area contributed by atoms with Crippen LogP contribution in [0.1, 0.15) is 6.92 Å². The number of nitro groups is 1. The topological polar surface area (TPSA) is 92.0 Å². The van der Waals surface area contributed by atoms with E-state index >= 15 is 0 Å². The van der Waals surface area contributed by atoms with Crippen molar-refractivity contribution in [3.8, 4) is 0 Å². The van der Waals surface area contributed by atoms with Crippen molar-refractivity contribution >= 4 is 23.0 Å². The van der Waals surface area contributed by atoms with Gasteiger partial charge in [0.2, 0.25) is 0 Å². The van der Waals surface area contributed by atoms with Crippen molar-refractivity contribution in [1.29, 1.82) is 0 Å². The molecule has 100 valence electrons. The van der Waals surface area contributed by atoms with Gasteiger partial charge in [0.15, 0.2) is 0 Å². The predicted molar refractivity (Wildman–Crippen MR) is 69.9 cm³/mol. The molecule has 1 aromatic rings. The Bertz CT molecular complexity index is 413. The fraction of sp³-hybridized carbons (Fsp3) is 0.455. The first-order valence-corrected chi connectivity index (χ1v) is 6.06.